The molecule has 2 atom stereocenters. The van der Waals surface area contributed by atoms with Crippen molar-refractivity contribution in [3.05, 3.63) is 82.5 Å². The van der Waals surface area contributed by atoms with Crippen molar-refractivity contribution in [3.8, 4) is 0 Å². The van der Waals surface area contributed by atoms with Gasteiger partial charge >= 0.3 is 0 Å². The SMILES string of the molecule is Cc1noc([C@]23CN(Cc4ccc(Cl)cc4)C[C@H]2CN(C(=O)c2ccccc2)C3)n1. The lowest BCUT2D eigenvalue weighted by Gasteiger charge is -2.26. The van der Waals surface area contributed by atoms with Crippen LogP contribution in [0.2, 0.25) is 5.02 Å². The zero-order valence-corrected chi connectivity index (χ0v) is 17.5. The smallest absolute Gasteiger partial charge is 0.253 e. The molecule has 2 aliphatic heterocycles. The van der Waals surface area contributed by atoms with Crippen LogP contribution in [-0.2, 0) is 12.0 Å². The van der Waals surface area contributed by atoms with Crippen molar-refractivity contribution in [1.82, 2.24) is 19.9 Å². The molecular formula is C23H23ClN4O2. The predicted molar refractivity (Wildman–Crippen MR) is 113 cm³/mol. The maximum atomic E-state index is 13.1. The van der Waals surface area contributed by atoms with E-state index in [0.29, 0.717) is 30.4 Å². The summed E-state index contributed by atoms with van der Waals surface area (Å²) in [5.74, 6) is 1.58. The molecule has 1 amide bonds. The van der Waals surface area contributed by atoms with E-state index in [0.717, 1.165) is 24.7 Å². The Bertz CT molecular complexity index is 1050. The third-order valence-corrected chi connectivity index (χ3v) is 6.51. The number of rotatable bonds is 4. The fraction of sp³-hybridized carbons (Fsp3) is 0.348. The molecule has 5 rings (SSSR count). The summed E-state index contributed by atoms with van der Waals surface area (Å²) in [5, 5.41) is 4.78. The Labute approximate surface area is 180 Å². The van der Waals surface area contributed by atoms with Crippen LogP contribution in [0.4, 0.5) is 0 Å². The van der Waals surface area contributed by atoms with E-state index in [9.17, 15) is 4.79 Å². The summed E-state index contributed by atoms with van der Waals surface area (Å²) in [4.78, 5) is 22.0. The van der Waals surface area contributed by atoms with Gasteiger partial charge in [0.1, 0.15) is 0 Å². The van der Waals surface area contributed by atoms with E-state index in [1.54, 1.807) is 0 Å². The Morgan fingerprint density at radius 2 is 1.90 bits per heavy atom. The molecule has 0 N–H and O–H groups in total. The third kappa shape index (κ3) is 3.40. The first-order valence-electron chi connectivity index (χ1n) is 10.2. The Morgan fingerprint density at radius 1 is 1.13 bits per heavy atom. The molecule has 154 valence electrons. The maximum Gasteiger partial charge on any atom is 0.253 e. The number of aryl methyl sites for hydroxylation is 1. The van der Waals surface area contributed by atoms with Gasteiger partial charge in [0.2, 0.25) is 5.89 Å². The van der Waals surface area contributed by atoms with Gasteiger partial charge in [-0.05, 0) is 36.8 Å². The van der Waals surface area contributed by atoms with Crippen LogP contribution in [0.15, 0.2) is 59.1 Å². The number of fused-ring (bicyclic) bond motifs is 1. The second kappa shape index (κ2) is 7.52. The summed E-state index contributed by atoms with van der Waals surface area (Å²) in [7, 11) is 0. The van der Waals surface area contributed by atoms with E-state index >= 15 is 0 Å². The molecule has 3 aromatic rings. The Balaban J connectivity index is 1.40. The summed E-state index contributed by atoms with van der Waals surface area (Å²) in [6, 6.07) is 17.4. The van der Waals surface area contributed by atoms with Crippen LogP contribution >= 0.6 is 11.6 Å². The van der Waals surface area contributed by atoms with Gasteiger partial charge in [-0.25, -0.2) is 0 Å². The molecule has 0 saturated carbocycles. The molecule has 2 aromatic carbocycles. The maximum absolute atomic E-state index is 13.1. The first kappa shape index (κ1) is 19.3. The molecule has 0 aliphatic carbocycles. The van der Waals surface area contributed by atoms with E-state index in [2.05, 4.69) is 27.2 Å². The molecule has 7 heteroatoms. The van der Waals surface area contributed by atoms with Gasteiger partial charge in [0.25, 0.3) is 5.91 Å². The van der Waals surface area contributed by atoms with E-state index in [1.807, 2.05) is 54.3 Å². The predicted octanol–water partition coefficient (Wildman–Crippen LogP) is 3.56. The van der Waals surface area contributed by atoms with E-state index in [-0.39, 0.29) is 17.2 Å². The number of hydrogen-bond acceptors (Lipinski definition) is 5. The average molecular weight is 423 g/mol. The largest absolute Gasteiger partial charge is 0.339 e. The van der Waals surface area contributed by atoms with Crippen LogP contribution in [0.5, 0.6) is 0 Å². The van der Waals surface area contributed by atoms with E-state index in [4.69, 9.17) is 16.1 Å². The highest BCUT2D eigenvalue weighted by Crippen LogP contribution is 2.45. The second-order valence-corrected chi connectivity index (χ2v) is 8.78. The molecule has 0 bridgehead atoms. The molecular weight excluding hydrogens is 400 g/mol. The number of nitrogens with zero attached hydrogens (tertiary/aromatic N) is 4. The lowest BCUT2D eigenvalue weighted by molar-refractivity contribution is 0.0766. The summed E-state index contributed by atoms with van der Waals surface area (Å²) < 4.78 is 5.66. The van der Waals surface area contributed by atoms with Crippen LogP contribution in [-0.4, -0.2) is 52.0 Å². The van der Waals surface area contributed by atoms with Gasteiger partial charge in [0.15, 0.2) is 5.82 Å². The first-order chi connectivity index (χ1) is 14.5. The van der Waals surface area contributed by atoms with Gasteiger partial charge in [-0.1, -0.05) is 47.1 Å². The fourth-order valence-corrected chi connectivity index (χ4v) is 4.98. The lowest BCUT2D eigenvalue weighted by Crippen LogP contribution is -2.40. The van der Waals surface area contributed by atoms with Crippen molar-refractivity contribution in [3.63, 3.8) is 0 Å². The number of hydrogen-bond donors (Lipinski definition) is 0. The van der Waals surface area contributed by atoms with Crippen molar-refractivity contribution in [1.29, 1.82) is 0 Å². The number of likely N-dealkylation sites (tertiary alicyclic amines) is 2. The monoisotopic (exact) mass is 422 g/mol. The Kier molecular flexibility index (Phi) is 4.83. The summed E-state index contributed by atoms with van der Waals surface area (Å²) in [6.07, 6.45) is 0. The minimum absolute atomic E-state index is 0.0601. The zero-order chi connectivity index (χ0) is 20.7. The highest BCUT2D eigenvalue weighted by atomic mass is 35.5. The van der Waals surface area contributed by atoms with Crippen LogP contribution in [0.3, 0.4) is 0 Å². The van der Waals surface area contributed by atoms with E-state index in [1.165, 1.54) is 5.56 Å². The zero-order valence-electron chi connectivity index (χ0n) is 16.8. The van der Waals surface area contributed by atoms with Gasteiger partial charge in [0, 0.05) is 49.2 Å². The van der Waals surface area contributed by atoms with Crippen LogP contribution < -0.4 is 0 Å². The number of carbonyl (C=O) groups excluding carboxylic acids is 1. The molecule has 0 radical (unpaired) electrons. The molecule has 1 aromatic heterocycles. The Morgan fingerprint density at radius 3 is 2.60 bits per heavy atom. The molecule has 6 nitrogen and oxygen atoms in total. The molecule has 0 spiro atoms. The molecule has 30 heavy (non-hydrogen) atoms. The third-order valence-electron chi connectivity index (χ3n) is 6.26. The van der Waals surface area contributed by atoms with Crippen molar-refractivity contribution in [2.45, 2.75) is 18.9 Å². The van der Waals surface area contributed by atoms with Gasteiger partial charge in [-0.15, -0.1) is 0 Å². The van der Waals surface area contributed by atoms with Gasteiger partial charge in [-0.3, -0.25) is 9.69 Å². The molecule has 0 unspecified atom stereocenters. The topological polar surface area (TPSA) is 62.5 Å². The van der Waals surface area contributed by atoms with Crippen molar-refractivity contribution in [2.75, 3.05) is 26.2 Å². The standard InChI is InChI=1S/C23H23ClN4O2/c1-16-25-22(30-26-16)23-14-27(11-17-7-9-20(24)10-8-17)12-19(23)13-28(15-23)21(29)18-5-3-2-4-6-18/h2-10,19H,11-15H2,1H3/t19-,23-/m0/s1. The first-order valence-corrected chi connectivity index (χ1v) is 10.5. The van der Waals surface area contributed by atoms with Gasteiger partial charge < -0.3 is 9.42 Å². The summed E-state index contributed by atoms with van der Waals surface area (Å²) in [5.41, 5.74) is 1.60. The van der Waals surface area contributed by atoms with Crippen molar-refractivity contribution < 1.29 is 9.32 Å². The van der Waals surface area contributed by atoms with Gasteiger partial charge in [-0.2, -0.15) is 4.98 Å². The number of amides is 1. The van der Waals surface area contributed by atoms with Crippen molar-refractivity contribution in [2.24, 2.45) is 5.92 Å². The Hall–Kier alpha value is -2.70. The molecule has 2 saturated heterocycles. The minimum Gasteiger partial charge on any atom is -0.339 e. The second-order valence-electron chi connectivity index (χ2n) is 8.35. The summed E-state index contributed by atoms with van der Waals surface area (Å²) >= 11 is 6.03. The van der Waals surface area contributed by atoms with E-state index < -0.39 is 0 Å². The fourth-order valence-electron chi connectivity index (χ4n) is 4.86. The number of aromatic nitrogens is 2. The summed E-state index contributed by atoms with van der Waals surface area (Å²) in [6.45, 7) is 5.59. The highest BCUT2D eigenvalue weighted by molar-refractivity contribution is 6.30. The van der Waals surface area contributed by atoms with Gasteiger partial charge in [0.05, 0.1) is 5.41 Å². The number of carbonyl (C=O) groups is 1. The quantitative estimate of drug-likeness (QED) is 0.643. The average Bonchev–Trinajstić information content (AvgIpc) is 3.42. The van der Waals surface area contributed by atoms with Crippen molar-refractivity contribution >= 4 is 17.5 Å². The normalized spacial score (nSPS) is 23.7. The number of halogens is 1. The minimum atomic E-state index is -0.335. The number of benzene rings is 2. The van der Waals surface area contributed by atoms with Crippen LogP contribution in [0, 0.1) is 12.8 Å². The van der Waals surface area contributed by atoms with Crippen LogP contribution in [0.1, 0.15) is 27.6 Å². The van der Waals surface area contributed by atoms with Crippen LogP contribution in [0.25, 0.3) is 0 Å². The molecule has 3 heterocycles. The highest BCUT2D eigenvalue weighted by Gasteiger charge is 2.57. The lowest BCUT2D eigenvalue weighted by atomic mass is 9.81. The molecule has 2 fully saturated rings. The molecule has 2 aliphatic rings.